The number of nitrogens with two attached hydrogens (primary N) is 1. The van der Waals surface area contributed by atoms with Gasteiger partial charge in [-0.05, 0) is 18.9 Å². The van der Waals surface area contributed by atoms with Gasteiger partial charge in [-0.25, -0.2) is 10.2 Å². The summed E-state index contributed by atoms with van der Waals surface area (Å²) >= 11 is 0. The number of hydrogen-bond donors (Lipinski definition) is 1. The number of nitrogens with zero attached hydrogens (tertiary/aromatic N) is 2. The lowest BCUT2D eigenvalue weighted by molar-refractivity contribution is -0.402. The first-order valence-electron chi connectivity index (χ1n) is 7.92. The highest BCUT2D eigenvalue weighted by molar-refractivity contribution is 7.53. The molecule has 0 saturated heterocycles. The van der Waals surface area contributed by atoms with Crippen molar-refractivity contribution >= 4 is 13.6 Å². The third kappa shape index (κ3) is 7.74. The molecule has 0 saturated carbocycles. The van der Waals surface area contributed by atoms with Gasteiger partial charge in [0, 0.05) is 13.1 Å². The molecule has 23 heavy (non-hydrogen) atoms. The van der Waals surface area contributed by atoms with Gasteiger partial charge in [-0.2, -0.15) is 0 Å². The summed E-state index contributed by atoms with van der Waals surface area (Å²) in [6.45, 7) is 9.01. The van der Waals surface area contributed by atoms with Crippen molar-refractivity contribution in [1.82, 2.24) is 4.67 Å². The topological polar surface area (TPSA) is 112 Å². The van der Waals surface area contributed by atoms with Gasteiger partial charge in [0.1, 0.15) is 17.3 Å². The molecule has 0 aromatic carbocycles. The Kier molecular flexibility index (Phi) is 10.7. The minimum atomic E-state index is -3.43. The van der Waals surface area contributed by atoms with Crippen molar-refractivity contribution in [2.24, 2.45) is 5.50 Å². The standard InChI is InChI=1S/C12H22N3O5P.C2H6/c1-3-5-9-14(8-4-2)21(13,18)19-10-11-6-7-12(20-11)15(16)17;1-2/h6-7H,3-5,8-10H2,1-2H3,(H2,13,18);1-2H3/t21-;/m0./s1. The molecule has 0 aliphatic heterocycles. The van der Waals surface area contributed by atoms with Crippen molar-refractivity contribution in [2.45, 2.75) is 53.6 Å². The Hall–Kier alpha value is -1.21. The van der Waals surface area contributed by atoms with E-state index in [0.717, 1.165) is 19.3 Å². The first-order valence-corrected chi connectivity index (χ1v) is 9.57. The average molecular weight is 349 g/mol. The van der Waals surface area contributed by atoms with Crippen LogP contribution in [-0.2, 0) is 15.7 Å². The van der Waals surface area contributed by atoms with Crippen LogP contribution in [0.2, 0.25) is 0 Å². The van der Waals surface area contributed by atoms with E-state index in [4.69, 9.17) is 14.4 Å². The Bertz CT molecular complexity index is 506. The average Bonchev–Trinajstić information content (AvgIpc) is 3.01. The monoisotopic (exact) mass is 349 g/mol. The van der Waals surface area contributed by atoms with Crippen LogP contribution in [0.3, 0.4) is 0 Å². The Morgan fingerprint density at radius 3 is 2.43 bits per heavy atom. The van der Waals surface area contributed by atoms with Crippen molar-refractivity contribution in [3.63, 3.8) is 0 Å². The minimum absolute atomic E-state index is 0.159. The fraction of sp³-hybridized carbons (Fsp3) is 0.714. The Morgan fingerprint density at radius 2 is 1.96 bits per heavy atom. The molecule has 0 radical (unpaired) electrons. The van der Waals surface area contributed by atoms with Gasteiger partial charge in [-0.3, -0.25) is 19.2 Å². The van der Waals surface area contributed by atoms with E-state index >= 15 is 0 Å². The van der Waals surface area contributed by atoms with Gasteiger partial charge in [-0.15, -0.1) is 0 Å². The highest BCUT2D eigenvalue weighted by Gasteiger charge is 2.27. The van der Waals surface area contributed by atoms with Crippen molar-refractivity contribution in [3.8, 4) is 0 Å². The number of unbranched alkanes of at least 4 members (excludes halogenated alkanes) is 1. The molecule has 0 spiro atoms. The van der Waals surface area contributed by atoms with E-state index in [1.165, 1.54) is 12.1 Å². The SMILES string of the molecule is CC.CCCCN(CCC)[P@@](N)(=O)OCc1ccc([N+](=O)[O-])o1. The van der Waals surface area contributed by atoms with Crippen LogP contribution in [0.1, 0.15) is 52.7 Å². The molecular weight excluding hydrogens is 321 g/mol. The lowest BCUT2D eigenvalue weighted by atomic mass is 10.3. The second kappa shape index (κ2) is 11.3. The minimum Gasteiger partial charge on any atom is -0.403 e. The fourth-order valence-corrected chi connectivity index (χ4v) is 3.14. The number of rotatable bonds is 10. The zero-order chi connectivity index (χ0) is 17.9. The van der Waals surface area contributed by atoms with Crippen molar-refractivity contribution < 1.29 is 18.4 Å². The summed E-state index contributed by atoms with van der Waals surface area (Å²) in [4.78, 5) is 9.87. The van der Waals surface area contributed by atoms with Crippen molar-refractivity contribution in [1.29, 1.82) is 0 Å². The second-order valence-corrected chi connectivity index (χ2v) is 6.59. The molecule has 1 rings (SSSR count). The highest BCUT2D eigenvalue weighted by Crippen LogP contribution is 2.43. The quantitative estimate of drug-likeness (QED) is 0.380. The van der Waals surface area contributed by atoms with Gasteiger partial charge < -0.3 is 4.42 Å². The van der Waals surface area contributed by atoms with Crippen LogP contribution in [-0.4, -0.2) is 22.7 Å². The number of hydrogen-bond acceptors (Lipinski definition) is 5. The molecule has 1 atom stereocenters. The zero-order valence-electron chi connectivity index (χ0n) is 14.4. The van der Waals surface area contributed by atoms with E-state index in [0.29, 0.717) is 13.1 Å². The largest absolute Gasteiger partial charge is 0.433 e. The van der Waals surface area contributed by atoms with Gasteiger partial charge in [0.2, 0.25) is 0 Å². The van der Waals surface area contributed by atoms with E-state index in [9.17, 15) is 14.7 Å². The summed E-state index contributed by atoms with van der Waals surface area (Å²) in [6, 6.07) is 2.63. The smallest absolute Gasteiger partial charge is 0.403 e. The fourth-order valence-electron chi connectivity index (χ4n) is 1.77. The molecule has 1 heterocycles. The summed E-state index contributed by atoms with van der Waals surface area (Å²) in [5, 5.41) is 10.5. The van der Waals surface area contributed by atoms with E-state index in [-0.39, 0.29) is 18.3 Å². The van der Waals surface area contributed by atoms with E-state index in [1.807, 2.05) is 27.7 Å². The van der Waals surface area contributed by atoms with Crippen LogP contribution in [0.5, 0.6) is 0 Å². The molecule has 0 unspecified atom stereocenters. The summed E-state index contributed by atoms with van der Waals surface area (Å²) in [6.07, 6.45) is 2.64. The highest BCUT2D eigenvalue weighted by atomic mass is 31.2. The Balaban J connectivity index is 0.00000232. The number of nitro groups is 1. The summed E-state index contributed by atoms with van der Waals surface area (Å²) in [5.41, 5.74) is 5.79. The molecule has 0 aliphatic carbocycles. The summed E-state index contributed by atoms with van der Waals surface area (Å²) in [5.74, 6) is -0.156. The molecule has 1 aromatic heterocycles. The Labute approximate surface area is 137 Å². The predicted octanol–water partition coefficient (Wildman–Crippen LogP) is 4.31. The molecule has 2 N–H and O–H groups in total. The van der Waals surface area contributed by atoms with Gasteiger partial charge in [0.15, 0.2) is 0 Å². The maximum atomic E-state index is 12.4. The van der Waals surface area contributed by atoms with Crippen molar-refractivity contribution in [2.75, 3.05) is 13.1 Å². The normalized spacial score (nSPS) is 13.3. The van der Waals surface area contributed by atoms with Gasteiger partial charge in [0.05, 0.1) is 6.07 Å². The van der Waals surface area contributed by atoms with Gasteiger partial charge >= 0.3 is 13.6 Å². The van der Waals surface area contributed by atoms with Crippen LogP contribution >= 0.6 is 7.67 Å². The van der Waals surface area contributed by atoms with Crippen LogP contribution in [0.4, 0.5) is 5.88 Å². The maximum absolute atomic E-state index is 12.4. The molecular formula is C14H28N3O5P. The summed E-state index contributed by atoms with van der Waals surface area (Å²) in [7, 11) is -3.43. The Morgan fingerprint density at radius 1 is 1.30 bits per heavy atom. The number of furan rings is 1. The van der Waals surface area contributed by atoms with Gasteiger partial charge in [-0.1, -0.05) is 34.1 Å². The third-order valence-electron chi connectivity index (χ3n) is 2.86. The van der Waals surface area contributed by atoms with Crippen molar-refractivity contribution in [3.05, 3.63) is 28.0 Å². The first-order chi connectivity index (χ1) is 10.9. The zero-order valence-corrected chi connectivity index (χ0v) is 15.3. The molecule has 0 fully saturated rings. The van der Waals surface area contributed by atoms with Crippen LogP contribution in [0.25, 0.3) is 0 Å². The molecule has 1 aromatic rings. The lowest BCUT2D eigenvalue weighted by Gasteiger charge is -2.27. The lowest BCUT2D eigenvalue weighted by Crippen LogP contribution is -2.27. The van der Waals surface area contributed by atoms with E-state index < -0.39 is 12.6 Å². The van der Waals surface area contributed by atoms with Gasteiger partial charge in [0.25, 0.3) is 0 Å². The van der Waals surface area contributed by atoms with Crippen LogP contribution in [0, 0.1) is 10.1 Å². The molecule has 134 valence electrons. The summed E-state index contributed by atoms with van der Waals surface area (Å²) < 4.78 is 24.3. The third-order valence-corrected chi connectivity index (χ3v) is 4.55. The molecule has 8 nitrogen and oxygen atoms in total. The molecule has 0 amide bonds. The molecule has 0 aliphatic rings. The van der Waals surface area contributed by atoms with E-state index in [2.05, 4.69) is 0 Å². The van der Waals surface area contributed by atoms with E-state index in [1.54, 1.807) is 4.67 Å². The second-order valence-electron chi connectivity index (χ2n) is 4.64. The van der Waals surface area contributed by atoms with Crippen LogP contribution < -0.4 is 5.50 Å². The maximum Gasteiger partial charge on any atom is 0.433 e. The molecule has 9 heteroatoms. The van der Waals surface area contributed by atoms with Crippen LogP contribution in [0.15, 0.2) is 16.5 Å². The predicted molar refractivity (Wildman–Crippen MR) is 90.1 cm³/mol. The first kappa shape index (κ1) is 21.8. The molecule has 0 bridgehead atoms.